The van der Waals surface area contributed by atoms with Gasteiger partial charge >= 0.3 is 0 Å². The second-order valence-corrected chi connectivity index (χ2v) is 12.9. The monoisotopic (exact) mass is 708 g/mol. The molecule has 0 aromatic heterocycles. The van der Waals surface area contributed by atoms with E-state index in [1.54, 1.807) is 7.05 Å². The van der Waals surface area contributed by atoms with Crippen LogP contribution in [0.5, 0.6) is 0 Å². The highest BCUT2D eigenvalue weighted by Gasteiger charge is 2.23. The average Bonchev–Trinajstić information content (AvgIpc) is 3.49. The summed E-state index contributed by atoms with van der Waals surface area (Å²) in [7, 11) is 1.65. The Hall–Kier alpha value is -5.50. The van der Waals surface area contributed by atoms with Crippen LogP contribution in [0.15, 0.2) is 139 Å². The van der Waals surface area contributed by atoms with Gasteiger partial charge in [0, 0.05) is 36.0 Å². The minimum absolute atomic E-state index is 0.0545. The van der Waals surface area contributed by atoms with E-state index >= 15 is 0 Å². The molecule has 5 aromatic rings. The lowest BCUT2D eigenvalue weighted by Gasteiger charge is -2.22. The molecule has 0 atom stereocenters. The van der Waals surface area contributed by atoms with E-state index in [2.05, 4.69) is 113 Å². The largest absolute Gasteiger partial charge is 0.395 e. The van der Waals surface area contributed by atoms with Gasteiger partial charge in [-0.2, -0.15) is 0 Å². The zero-order valence-corrected chi connectivity index (χ0v) is 31.2. The van der Waals surface area contributed by atoms with Crippen LogP contribution >= 0.6 is 0 Å². The summed E-state index contributed by atoms with van der Waals surface area (Å²) in [5, 5.41) is 19.6. The number of rotatable bonds is 10. The summed E-state index contributed by atoms with van der Waals surface area (Å²) < 4.78 is 0. The Kier molecular flexibility index (Phi) is 14.6. The van der Waals surface area contributed by atoms with Gasteiger partial charge in [-0.1, -0.05) is 135 Å². The number of aryl methyl sites for hydroxylation is 4. The van der Waals surface area contributed by atoms with E-state index in [9.17, 15) is 4.79 Å². The Morgan fingerprint density at radius 2 is 1.23 bits per heavy atom. The topological polar surface area (TPSA) is 95.0 Å². The van der Waals surface area contributed by atoms with Crippen molar-refractivity contribution in [2.24, 2.45) is 5.16 Å². The predicted molar refractivity (Wildman–Crippen MR) is 215 cm³/mol. The van der Waals surface area contributed by atoms with Crippen molar-refractivity contribution in [1.29, 1.82) is 0 Å². The first-order chi connectivity index (χ1) is 26.1. The molecule has 7 rings (SSSR count). The number of fused-ring (bicyclic) bond motifs is 4. The fourth-order valence-corrected chi connectivity index (χ4v) is 6.85. The summed E-state index contributed by atoms with van der Waals surface area (Å²) in [6.45, 7) is 8.91. The Bertz CT molecular complexity index is 1890. The average molecular weight is 709 g/mol. The molecule has 274 valence electrons. The molecule has 0 saturated carbocycles. The fraction of sp³-hybridized carbons (Fsp3) is 0.261. The summed E-state index contributed by atoms with van der Waals surface area (Å²) >= 11 is 0. The normalized spacial score (nSPS) is 12.6. The molecule has 7 heteroatoms. The third kappa shape index (κ3) is 10.1. The van der Waals surface area contributed by atoms with Crippen LogP contribution in [-0.2, 0) is 37.1 Å². The zero-order valence-electron chi connectivity index (χ0n) is 31.2. The van der Waals surface area contributed by atoms with Crippen LogP contribution in [0.1, 0.15) is 93.2 Å². The maximum Gasteiger partial charge on any atom is 0.251 e. The molecule has 0 fully saturated rings. The van der Waals surface area contributed by atoms with E-state index in [-0.39, 0.29) is 11.9 Å². The van der Waals surface area contributed by atoms with Crippen molar-refractivity contribution < 1.29 is 14.8 Å². The minimum atomic E-state index is -0.0545. The fourth-order valence-electron chi connectivity index (χ4n) is 6.85. The van der Waals surface area contributed by atoms with E-state index in [0.29, 0.717) is 24.3 Å². The van der Waals surface area contributed by atoms with E-state index in [1.807, 2.05) is 50.2 Å². The van der Waals surface area contributed by atoms with Crippen LogP contribution in [0.4, 0.5) is 0 Å². The number of amides is 1. The van der Waals surface area contributed by atoms with Gasteiger partial charge in [0.25, 0.3) is 5.91 Å². The van der Waals surface area contributed by atoms with Crippen LogP contribution < -0.4 is 16.1 Å². The van der Waals surface area contributed by atoms with Crippen LogP contribution in [0.3, 0.4) is 0 Å². The molecule has 0 radical (unpaired) electrons. The number of benzene rings is 5. The molecule has 4 N–H and O–H groups in total. The molecule has 2 aliphatic carbocycles. The molecule has 53 heavy (non-hydrogen) atoms. The van der Waals surface area contributed by atoms with Crippen molar-refractivity contribution in [3.8, 4) is 0 Å². The standard InChI is InChI=1S/C24H24N2O.C20H22N2O2.C2H6/c1-25-24(27)20-12-10-17(11-13-20)16-26-23-21-8-4-2-6-18(21)14-15-19-7-3-5-9-22(19)23;1-15(21-23)7-6-14-24-22-20-18-10-4-2-8-16(18)12-13-17-9-3-5-11-19(17)20;1-2/h2-13,23,26H,14-16H2,1H3,(H,25,27);2-5,8-11,21,23H,1,6-7,12-14H2;1-2H3. The summed E-state index contributed by atoms with van der Waals surface area (Å²) in [6, 6.07) is 42.2. The minimum Gasteiger partial charge on any atom is -0.395 e. The van der Waals surface area contributed by atoms with Crippen molar-refractivity contribution in [3.05, 3.63) is 189 Å². The lowest BCUT2D eigenvalue weighted by molar-refractivity contribution is 0.0963. The quantitative estimate of drug-likeness (QED) is 0.0859. The lowest BCUT2D eigenvalue weighted by Crippen LogP contribution is -2.23. The number of nitrogens with one attached hydrogen (secondary N) is 3. The molecular formula is C46H52N4O3. The van der Waals surface area contributed by atoms with Gasteiger partial charge < -0.3 is 15.5 Å². The number of carbonyl (C=O) groups is 1. The molecular weight excluding hydrogens is 657 g/mol. The smallest absolute Gasteiger partial charge is 0.251 e. The van der Waals surface area contributed by atoms with Gasteiger partial charge in [0.2, 0.25) is 0 Å². The number of hydrogen-bond donors (Lipinski definition) is 4. The maximum atomic E-state index is 11.7. The summed E-state index contributed by atoms with van der Waals surface area (Å²) in [6.07, 6.45) is 5.56. The second kappa shape index (κ2) is 19.9. The van der Waals surface area contributed by atoms with E-state index in [4.69, 9.17) is 10.0 Å². The molecule has 0 aliphatic heterocycles. The highest BCUT2D eigenvalue weighted by atomic mass is 16.6. The zero-order chi connectivity index (χ0) is 37.4. The summed E-state index contributed by atoms with van der Waals surface area (Å²) in [5.41, 5.74) is 15.8. The third-order valence-electron chi connectivity index (χ3n) is 9.59. The number of nitrogens with zero attached hydrogens (tertiary/aromatic N) is 1. The van der Waals surface area contributed by atoms with Gasteiger partial charge in [0.05, 0.1) is 6.04 Å². The number of hydroxylamine groups is 1. The van der Waals surface area contributed by atoms with Crippen molar-refractivity contribution >= 4 is 11.6 Å². The van der Waals surface area contributed by atoms with Gasteiger partial charge in [-0.3, -0.25) is 15.5 Å². The maximum absolute atomic E-state index is 11.7. The Labute approximate surface area is 314 Å². The molecule has 5 aromatic carbocycles. The molecule has 0 saturated heterocycles. The second-order valence-electron chi connectivity index (χ2n) is 12.9. The van der Waals surface area contributed by atoms with Crippen LogP contribution in [0.2, 0.25) is 0 Å². The third-order valence-corrected chi connectivity index (χ3v) is 9.59. The van der Waals surface area contributed by atoms with E-state index < -0.39 is 0 Å². The molecule has 7 nitrogen and oxygen atoms in total. The summed E-state index contributed by atoms with van der Waals surface area (Å²) in [4.78, 5) is 17.3. The number of oxime groups is 1. The van der Waals surface area contributed by atoms with Gasteiger partial charge in [0.1, 0.15) is 12.3 Å². The number of hydrogen-bond acceptors (Lipinski definition) is 6. The molecule has 0 spiro atoms. The Balaban J connectivity index is 0.000000197. The van der Waals surface area contributed by atoms with E-state index in [0.717, 1.165) is 55.5 Å². The highest BCUT2D eigenvalue weighted by Crippen LogP contribution is 2.33. The Morgan fingerprint density at radius 1 is 0.736 bits per heavy atom. The van der Waals surface area contributed by atoms with Crippen molar-refractivity contribution in [2.75, 3.05) is 13.7 Å². The predicted octanol–water partition coefficient (Wildman–Crippen LogP) is 8.88. The molecule has 0 unspecified atom stereocenters. The highest BCUT2D eigenvalue weighted by molar-refractivity contribution is 6.14. The molecule has 0 bridgehead atoms. The SMILES string of the molecule is C=C(CCCON=C1c2ccccc2CCc2ccccc21)NO.CC.CNC(=O)c1ccc(CNC2c3ccccc3CCc3ccccc32)cc1. The lowest BCUT2D eigenvalue weighted by atomic mass is 9.94. The first kappa shape index (κ1) is 38.7. The first-order valence-electron chi connectivity index (χ1n) is 18.7. The van der Waals surface area contributed by atoms with Crippen LogP contribution in [0, 0.1) is 0 Å². The van der Waals surface area contributed by atoms with Gasteiger partial charge in [-0.15, -0.1) is 0 Å². The Morgan fingerprint density at radius 3 is 1.75 bits per heavy atom. The van der Waals surface area contributed by atoms with Crippen molar-refractivity contribution in [1.82, 2.24) is 16.1 Å². The van der Waals surface area contributed by atoms with Crippen LogP contribution in [0.25, 0.3) is 0 Å². The van der Waals surface area contributed by atoms with Gasteiger partial charge in [0.15, 0.2) is 0 Å². The molecule has 2 aliphatic rings. The number of allylic oxidation sites excluding steroid dienone is 1. The van der Waals surface area contributed by atoms with Gasteiger partial charge in [-0.25, -0.2) is 0 Å². The van der Waals surface area contributed by atoms with Gasteiger partial charge in [-0.05, 0) is 89.6 Å². The first-order valence-corrected chi connectivity index (χ1v) is 18.7. The molecule has 0 heterocycles. The summed E-state index contributed by atoms with van der Waals surface area (Å²) in [5.74, 6) is -0.0545. The van der Waals surface area contributed by atoms with Crippen LogP contribution in [-0.4, -0.2) is 30.5 Å². The van der Waals surface area contributed by atoms with E-state index in [1.165, 1.54) is 38.9 Å². The number of carbonyl (C=O) groups excluding carboxylic acids is 1. The van der Waals surface area contributed by atoms with Crippen molar-refractivity contribution in [2.45, 2.75) is 65.0 Å². The molecule has 1 amide bonds. The van der Waals surface area contributed by atoms with Crippen molar-refractivity contribution in [3.63, 3.8) is 0 Å².